The second-order valence-corrected chi connectivity index (χ2v) is 5.23. The number of ether oxygens (including phenoxy) is 1. The number of amides is 1. The van der Waals surface area contributed by atoms with Crippen molar-refractivity contribution >= 4 is 11.6 Å². The van der Waals surface area contributed by atoms with E-state index in [0.29, 0.717) is 17.4 Å². The molecule has 1 aromatic carbocycles. The lowest BCUT2D eigenvalue weighted by molar-refractivity contribution is 0.0841. The summed E-state index contributed by atoms with van der Waals surface area (Å²) in [5, 5.41) is 3.06. The van der Waals surface area contributed by atoms with Crippen LogP contribution in [0.1, 0.15) is 35.2 Å². The van der Waals surface area contributed by atoms with E-state index in [1.165, 1.54) is 0 Å². The molecule has 18 heavy (non-hydrogen) atoms. The highest BCUT2D eigenvalue weighted by Gasteiger charge is 2.41. The molecule has 2 bridgehead atoms. The summed E-state index contributed by atoms with van der Waals surface area (Å²) < 4.78 is 5.74. The van der Waals surface area contributed by atoms with Crippen LogP contribution >= 0.6 is 0 Å². The fourth-order valence-electron chi connectivity index (χ4n) is 3.03. The van der Waals surface area contributed by atoms with Crippen molar-refractivity contribution < 1.29 is 9.53 Å². The highest BCUT2D eigenvalue weighted by Crippen LogP contribution is 2.34. The van der Waals surface area contributed by atoms with Gasteiger partial charge in [-0.05, 0) is 37.8 Å². The quantitative estimate of drug-likeness (QED) is 0.779. The summed E-state index contributed by atoms with van der Waals surface area (Å²) in [4.78, 5) is 12.3. The Hall–Kier alpha value is -1.55. The third-order valence-corrected chi connectivity index (χ3v) is 3.95. The molecule has 2 heterocycles. The fourth-order valence-corrected chi connectivity index (χ4v) is 3.03. The Morgan fingerprint density at radius 3 is 2.89 bits per heavy atom. The molecule has 0 saturated carbocycles. The number of rotatable bonds is 2. The van der Waals surface area contributed by atoms with E-state index in [4.69, 9.17) is 10.5 Å². The van der Waals surface area contributed by atoms with Crippen LogP contribution < -0.4 is 11.1 Å². The molecule has 2 fully saturated rings. The Bertz CT molecular complexity index is 466. The van der Waals surface area contributed by atoms with Crippen molar-refractivity contribution in [1.29, 1.82) is 0 Å². The van der Waals surface area contributed by atoms with Gasteiger partial charge < -0.3 is 15.8 Å². The van der Waals surface area contributed by atoms with Crippen LogP contribution in [0.15, 0.2) is 18.2 Å². The summed E-state index contributed by atoms with van der Waals surface area (Å²) in [7, 11) is 0. The number of hydrogen-bond donors (Lipinski definition) is 2. The summed E-state index contributed by atoms with van der Waals surface area (Å²) in [5.74, 6) is -0.0771. The Kier molecular flexibility index (Phi) is 2.74. The minimum Gasteiger partial charge on any atom is -0.398 e. The molecule has 0 aliphatic carbocycles. The van der Waals surface area contributed by atoms with Gasteiger partial charge in [0.25, 0.3) is 5.91 Å². The van der Waals surface area contributed by atoms with E-state index < -0.39 is 0 Å². The van der Waals surface area contributed by atoms with Crippen molar-refractivity contribution in [3.63, 3.8) is 0 Å². The second kappa shape index (κ2) is 4.28. The van der Waals surface area contributed by atoms with Crippen LogP contribution in [-0.2, 0) is 4.74 Å². The molecule has 2 aliphatic rings. The minimum atomic E-state index is -0.0771. The lowest BCUT2D eigenvalue weighted by Crippen LogP contribution is -2.41. The van der Waals surface area contributed by atoms with Crippen molar-refractivity contribution in [3.8, 4) is 0 Å². The molecule has 0 spiro atoms. The summed E-state index contributed by atoms with van der Waals surface area (Å²) in [6, 6.07) is 5.68. The van der Waals surface area contributed by atoms with Gasteiger partial charge in [-0.2, -0.15) is 0 Å². The van der Waals surface area contributed by atoms with E-state index in [9.17, 15) is 4.79 Å². The molecular weight excluding hydrogens is 228 g/mol. The van der Waals surface area contributed by atoms with Gasteiger partial charge in [-0.1, -0.05) is 12.1 Å². The van der Waals surface area contributed by atoms with Crippen molar-refractivity contribution in [2.75, 3.05) is 5.73 Å². The lowest BCUT2D eigenvalue weighted by Gasteiger charge is -2.21. The Balaban J connectivity index is 1.75. The zero-order chi connectivity index (χ0) is 12.7. The highest BCUT2D eigenvalue weighted by molar-refractivity contribution is 6.00. The SMILES string of the molecule is Cc1cccc(N)c1C(=O)NC1CC2CCC1O2. The van der Waals surface area contributed by atoms with Crippen molar-refractivity contribution in [3.05, 3.63) is 29.3 Å². The summed E-state index contributed by atoms with van der Waals surface area (Å²) >= 11 is 0. The van der Waals surface area contributed by atoms with Crippen LogP contribution in [0.3, 0.4) is 0 Å². The Labute approximate surface area is 107 Å². The van der Waals surface area contributed by atoms with Gasteiger partial charge in [0.2, 0.25) is 0 Å². The molecule has 3 rings (SSSR count). The van der Waals surface area contributed by atoms with Crippen LogP contribution in [0.4, 0.5) is 5.69 Å². The fraction of sp³-hybridized carbons (Fsp3) is 0.500. The maximum Gasteiger partial charge on any atom is 0.253 e. The lowest BCUT2D eigenvalue weighted by atomic mass is 9.95. The Morgan fingerprint density at radius 2 is 2.28 bits per heavy atom. The summed E-state index contributed by atoms with van der Waals surface area (Å²) in [6.07, 6.45) is 3.66. The van der Waals surface area contributed by atoms with Crippen LogP contribution in [0, 0.1) is 6.92 Å². The number of nitrogens with two attached hydrogens (primary N) is 1. The highest BCUT2D eigenvalue weighted by atomic mass is 16.5. The van der Waals surface area contributed by atoms with Gasteiger partial charge in [-0.25, -0.2) is 0 Å². The van der Waals surface area contributed by atoms with Crippen molar-refractivity contribution in [2.24, 2.45) is 0 Å². The van der Waals surface area contributed by atoms with E-state index in [2.05, 4.69) is 5.32 Å². The maximum atomic E-state index is 12.3. The predicted octanol–water partition coefficient (Wildman–Crippen LogP) is 1.63. The third-order valence-electron chi connectivity index (χ3n) is 3.95. The van der Waals surface area contributed by atoms with Crippen LogP contribution in [-0.4, -0.2) is 24.2 Å². The van der Waals surface area contributed by atoms with Gasteiger partial charge in [-0.3, -0.25) is 4.79 Å². The Morgan fingerprint density at radius 1 is 1.44 bits per heavy atom. The van der Waals surface area contributed by atoms with E-state index in [1.807, 2.05) is 19.1 Å². The van der Waals surface area contributed by atoms with Crippen molar-refractivity contribution in [2.45, 2.75) is 44.4 Å². The standard InChI is InChI=1S/C14H18N2O2/c1-8-3-2-4-10(15)13(8)14(17)16-11-7-9-5-6-12(11)18-9/h2-4,9,11-12H,5-7,15H2,1H3,(H,16,17). The van der Waals surface area contributed by atoms with Gasteiger partial charge in [0, 0.05) is 5.69 Å². The molecule has 1 aromatic rings. The molecule has 3 N–H and O–H groups in total. The third kappa shape index (κ3) is 1.86. The van der Waals surface area contributed by atoms with Gasteiger partial charge in [-0.15, -0.1) is 0 Å². The molecule has 2 saturated heterocycles. The van der Waals surface area contributed by atoms with Crippen molar-refractivity contribution in [1.82, 2.24) is 5.32 Å². The average molecular weight is 246 g/mol. The molecule has 4 heteroatoms. The number of anilines is 1. The number of fused-ring (bicyclic) bond motifs is 2. The summed E-state index contributed by atoms with van der Waals surface area (Å²) in [6.45, 7) is 1.91. The van der Waals surface area contributed by atoms with E-state index in [0.717, 1.165) is 24.8 Å². The van der Waals surface area contributed by atoms with Gasteiger partial charge in [0.05, 0.1) is 23.8 Å². The number of hydrogen-bond acceptors (Lipinski definition) is 3. The zero-order valence-corrected chi connectivity index (χ0v) is 10.5. The largest absolute Gasteiger partial charge is 0.398 e. The number of carbonyl (C=O) groups excluding carboxylic acids is 1. The second-order valence-electron chi connectivity index (χ2n) is 5.23. The maximum absolute atomic E-state index is 12.3. The smallest absolute Gasteiger partial charge is 0.253 e. The van der Waals surface area contributed by atoms with E-state index >= 15 is 0 Å². The molecule has 4 nitrogen and oxygen atoms in total. The summed E-state index contributed by atoms with van der Waals surface area (Å²) in [5.41, 5.74) is 7.93. The molecule has 0 radical (unpaired) electrons. The van der Waals surface area contributed by atoms with Gasteiger partial charge in [0.1, 0.15) is 0 Å². The first kappa shape index (κ1) is 11.5. The first-order valence-electron chi connectivity index (χ1n) is 6.46. The molecular formula is C14H18N2O2. The van der Waals surface area contributed by atoms with Crippen LogP contribution in [0.25, 0.3) is 0 Å². The van der Waals surface area contributed by atoms with Gasteiger partial charge >= 0.3 is 0 Å². The molecule has 96 valence electrons. The number of aryl methyl sites for hydroxylation is 1. The minimum absolute atomic E-state index is 0.0771. The first-order chi connectivity index (χ1) is 8.65. The van der Waals surface area contributed by atoms with Gasteiger partial charge in [0.15, 0.2) is 0 Å². The predicted molar refractivity (Wildman–Crippen MR) is 69.4 cm³/mol. The average Bonchev–Trinajstić information content (AvgIpc) is 2.90. The number of nitrogens with one attached hydrogen (secondary N) is 1. The number of nitrogen functional groups attached to an aromatic ring is 1. The molecule has 3 atom stereocenters. The molecule has 0 aromatic heterocycles. The topological polar surface area (TPSA) is 64.4 Å². The molecule has 3 unspecified atom stereocenters. The number of carbonyl (C=O) groups is 1. The number of benzene rings is 1. The van der Waals surface area contributed by atoms with Crippen LogP contribution in [0.2, 0.25) is 0 Å². The first-order valence-corrected chi connectivity index (χ1v) is 6.46. The normalized spacial score (nSPS) is 29.5. The van der Waals surface area contributed by atoms with E-state index in [-0.39, 0.29) is 18.1 Å². The zero-order valence-electron chi connectivity index (χ0n) is 10.5. The molecule has 2 aliphatic heterocycles. The monoisotopic (exact) mass is 246 g/mol. The van der Waals surface area contributed by atoms with Crippen LogP contribution in [0.5, 0.6) is 0 Å². The molecule has 1 amide bonds. The van der Waals surface area contributed by atoms with E-state index in [1.54, 1.807) is 6.07 Å².